The molecule has 0 radical (unpaired) electrons. The minimum Gasteiger partial charge on any atom is -0.509 e. The zero-order valence-electron chi connectivity index (χ0n) is 24.9. The lowest BCUT2D eigenvalue weighted by atomic mass is 9.77. The maximum Gasteiger partial charge on any atom is 0.434 e. The van der Waals surface area contributed by atoms with Crippen molar-refractivity contribution in [2.75, 3.05) is 51.8 Å². The van der Waals surface area contributed by atoms with Crippen molar-refractivity contribution in [2.24, 2.45) is 0 Å². The quantitative estimate of drug-likeness (QED) is 0.284. The molecule has 1 spiro atoms. The van der Waals surface area contributed by atoms with E-state index in [1.807, 2.05) is 0 Å². The van der Waals surface area contributed by atoms with Gasteiger partial charge in [0.2, 0.25) is 5.82 Å². The molecule has 3 aliphatic rings. The van der Waals surface area contributed by atoms with Crippen LogP contribution in [0.25, 0.3) is 0 Å². The number of aliphatic hydroxyl groups is 1. The Kier molecular flexibility index (Phi) is 10.2. The molecule has 1 aliphatic carbocycles. The summed E-state index contributed by atoms with van der Waals surface area (Å²) in [5.41, 5.74) is -3.47. The highest BCUT2D eigenvalue weighted by atomic mass is 79.9. The monoisotopic (exact) mass is 717 g/mol. The summed E-state index contributed by atoms with van der Waals surface area (Å²) in [5, 5.41) is 16.1. The number of anilines is 1. The summed E-state index contributed by atoms with van der Waals surface area (Å²) in [6.45, 7) is 2.68. The van der Waals surface area contributed by atoms with Crippen molar-refractivity contribution in [2.45, 2.75) is 50.4 Å². The first-order chi connectivity index (χ1) is 21.8. The molecule has 2 amide bonds. The Bertz CT molecular complexity index is 1510. The predicted octanol–water partition coefficient (Wildman–Crippen LogP) is 5.19. The van der Waals surface area contributed by atoms with Gasteiger partial charge in [0.25, 0.3) is 11.8 Å². The number of hydrogen-bond donors (Lipinski definition) is 2. The second-order valence-corrected chi connectivity index (χ2v) is 12.2. The summed E-state index contributed by atoms with van der Waals surface area (Å²) in [4.78, 5) is 32.8. The van der Waals surface area contributed by atoms with Gasteiger partial charge in [0.1, 0.15) is 23.8 Å². The van der Waals surface area contributed by atoms with E-state index in [1.54, 1.807) is 0 Å². The first-order valence-electron chi connectivity index (χ1n) is 14.8. The summed E-state index contributed by atoms with van der Waals surface area (Å²) >= 11 is 2.78. The number of aromatic nitrogens is 1. The molecule has 1 saturated carbocycles. The second-order valence-electron chi connectivity index (χ2n) is 11.3. The van der Waals surface area contributed by atoms with E-state index in [0.29, 0.717) is 58.5 Å². The number of carbonyl (C=O) groups excluding carboxylic acids is 2. The molecule has 2 N–H and O–H groups in total. The first-order valence-corrected chi connectivity index (χ1v) is 15.6. The number of likely N-dealkylation sites (N-methyl/N-ethyl adjacent to an activating group) is 1. The second kappa shape index (κ2) is 13.8. The summed E-state index contributed by atoms with van der Waals surface area (Å²) in [7, 11) is 1.51. The molecule has 1 saturated heterocycles. The number of nitrogens with zero attached hydrogens (tertiary/aromatic N) is 4. The number of carbonyl (C=O) groups is 2. The number of ether oxygens (including phenoxy) is 2. The van der Waals surface area contributed by atoms with Crippen molar-refractivity contribution < 1.29 is 46.1 Å². The minimum absolute atomic E-state index is 0.117. The van der Waals surface area contributed by atoms with Crippen molar-refractivity contribution in [1.29, 1.82) is 0 Å². The largest absolute Gasteiger partial charge is 0.509 e. The molecular weight excluding hydrogens is 685 g/mol. The van der Waals surface area contributed by atoms with Crippen molar-refractivity contribution in [3.8, 4) is 5.75 Å². The molecule has 1 aromatic carbocycles. The van der Waals surface area contributed by atoms with Gasteiger partial charge >= 0.3 is 6.18 Å². The molecule has 46 heavy (non-hydrogen) atoms. The zero-order valence-corrected chi connectivity index (χ0v) is 26.5. The molecule has 2 aliphatic heterocycles. The van der Waals surface area contributed by atoms with Crippen LogP contribution >= 0.6 is 15.9 Å². The van der Waals surface area contributed by atoms with Crippen LogP contribution in [0.1, 0.15) is 43.4 Å². The molecule has 1 aromatic heterocycles. The number of alkyl halides is 3. The van der Waals surface area contributed by atoms with Crippen molar-refractivity contribution in [1.82, 2.24) is 19.9 Å². The fourth-order valence-electron chi connectivity index (χ4n) is 6.03. The van der Waals surface area contributed by atoms with Crippen LogP contribution in [0.2, 0.25) is 0 Å². The number of hydrogen-bond acceptors (Lipinski definition) is 8. The highest BCUT2D eigenvalue weighted by Crippen LogP contribution is 2.44. The topological polar surface area (TPSA) is 107 Å². The molecular formula is C30H33BrF5N5O5. The normalized spacial score (nSPS) is 19.5. The van der Waals surface area contributed by atoms with Crippen LogP contribution in [0.15, 0.2) is 40.1 Å². The highest BCUT2D eigenvalue weighted by molar-refractivity contribution is 9.10. The highest BCUT2D eigenvalue weighted by Gasteiger charge is 2.52. The summed E-state index contributed by atoms with van der Waals surface area (Å²) in [5.74, 6) is -6.07. The fourth-order valence-corrected chi connectivity index (χ4v) is 6.47. The summed E-state index contributed by atoms with van der Waals surface area (Å²) < 4.78 is 81.2. The van der Waals surface area contributed by atoms with Gasteiger partial charge in [-0.1, -0.05) is 25.3 Å². The molecule has 16 heteroatoms. The molecule has 10 nitrogen and oxygen atoms in total. The maximum absolute atomic E-state index is 15.4. The lowest BCUT2D eigenvalue weighted by Gasteiger charge is -2.51. The number of halogens is 6. The van der Waals surface area contributed by atoms with Gasteiger partial charge < -0.3 is 19.9 Å². The molecule has 2 fully saturated rings. The minimum atomic E-state index is -4.84. The van der Waals surface area contributed by atoms with Crippen LogP contribution in [0.4, 0.5) is 27.8 Å². The van der Waals surface area contributed by atoms with Crippen LogP contribution in [-0.4, -0.2) is 88.9 Å². The molecule has 0 atom stereocenters. The molecule has 2 aromatic rings. The smallest absolute Gasteiger partial charge is 0.434 e. The van der Waals surface area contributed by atoms with Gasteiger partial charge in [0.15, 0.2) is 17.3 Å². The molecule has 5 rings (SSSR count). The average Bonchev–Trinajstić information content (AvgIpc) is 3.03. The average molecular weight is 719 g/mol. The van der Waals surface area contributed by atoms with Gasteiger partial charge in [-0.05, 0) is 47.0 Å². The van der Waals surface area contributed by atoms with Gasteiger partial charge in [0, 0.05) is 36.7 Å². The molecule has 0 bridgehead atoms. The van der Waals surface area contributed by atoms with E-state index in [-0.39, 0.29) is 22.4 Å². The van der Waals surface area contributed by atoms with Crippen LogP contribution in [0.3, 0.4) is 0 Å². The third-order valence-electron chi connectivity index (χ3n) is 8.59. The van der Waals surface area contributed by atoms with Crippen molar-refractivity contribution >= 4 is 33.6 Å². The number of rotatable bonds is 8. The number of benzene rings is 1. The predicted molar refractivity (Wildman–Crippen MR) is 158 cm³/mol. The molecule has 250 valence electrons. The van der Waals surface area contributed by atoms with Gasteiger partial charge in [-0.25, -0.2) is 14.4 Å². The number of aliphatic hydroxyl groups excluding tert-OH is 1. The summed E-state index contributed by atoms with van der Waals surface area (Å²) in [6.07, 6.45) is -2.08. The van der Waals surface area contributed by atoms with E-state index < -0.39 is 64.6 Å². The van der Waals surface area contributed by atoms with Crippen LogP contribution < -0.4 is 10.1 Å². The van der Waals surface area contributed by atoms with E-state index in [9.17, 15) is 27.9 Å². The van der Waals surface area contributed by atoms with Gasteiger partial charge in [-0.15, -0.1) is 0 Å². The Hall–Kier alpha value is -3.34. The van der Waals surface area contributed by atoms with E-state index in [1.165, 1.54) is 24.2 Å². The van der Waals surface area contributed by atoms with Gasteiger partial charge in [0.05, 0.1) is 25.3 Å². The lowest BCUT2D eigenvalue weighted by molar-refractivity contribution is -0.166. The van der Waals surface area contributed by atoms with Crippen molar-refractivity contribution in [3.63, 3.8) is 0 Å². The van der Waals surface area contributed by atoms with E-state index in [4.69, 9.17) is 9.47 Å². The Morgan fingerprint density at radius 3 is 2.48 bits per heavy atom. The van der Waals surface area contributed by atoms with Crippen molar-refractivity contribution in [3.05, 3.63) is 63.0 Å². The summed E-state index contributed by atoms with van der Waals surface area (Å²) in [6, 6.07) is 4.68. The maximum atomic E-state index is 15.4. The molecule has 3 heterocycles. The Morgan fingerprint density at radius 2 is 1.80 bits per heavy atom. The third-order valence-corrected chi connectivity index (χ3v) is 9.23. The van der Waals surface area contributed by atoms with E-state index in [2.05, 4.69) is 31.1 Å². The van der Waals surface area contributed by atoms with Gasteiger partial charge in [-0.2, -0.15) is 17.6 Å². The van der Waals surface area contributed by atoms with Crippen LogP contribution in [0, 0.1) is 11.6 Å². The number of morpholine rings is 1. The van der Waals surface area contributed by atoms with Crippen LogP contribution in [-0.2, 0) is 27.0 Å². The Morgan fingerprint density at radius 1 is 1.11 bits per heavy atom. The molecule has 0 unspecified atom stereocenters. The van der Waals surface area contributed by atoms with E-state index >= 15 is 8.78 Å². The van der Waals surface area contributed by atoms with E-state index in [0.717, 1.165) is 23.6 Å². The standard InChI is InChI=1S/C30H33BrF5N5O5/c1-39-29(9-3-2-4-10-29)26(42)22(27(43)38-21-8-6-19(31)25(37-21)30(34,35)36)28(44)41(39)17-18-5-7-20(24(33)23(18)32)46-16-13-40-11-14-45-15-12-40/h5-8,42H,2-4,9-17H2,1H3,(H,37,38,43). The Balaban J connectivity index is 1.40. The number of nitrogens with one attached hydrogen (secondary N) is 1. The number of hydrazine groups is 1. The SMILES string of the molecule is CN1N(Cc2ccc(OCCN3CCOCC3)c(F)c2F)C(=O)C(C(=O)Nc2ccc(Br)c(C(F)(F)F)n2)=C(O)C12CCCCC2. The third kappa shape index (κ3) is 6.85. The first kappa shape index (κ1) is 34.0. The fraction of sp³-hybridized carbons (Fsp3) is 0.500. The number of amides is 2. The van der Waals surface area contributed by atoms with Gasteiger partial charge in [-0.3, -0.25) is 19.5 Å². The van der Waals surface area contributed by atoms with Crippen LogP contribution in [0.5, 0.6) is 5.75 Å². The zero-order chi connectivity index (χ0) is 33.2. The number of pyridine rings is 1. The Labute approximate surface area is 270 Å². The lowest BCUT2D eigenvalue weighted by Crippen LogP contribution is -2.63.